The molecule has 0 saturated carbocycles. The van der Waals surface area contributed by atoms with Gasteiger partial charge in [0, 0.05) is 0 Å². The van der Waals surface area contributed by atoms with Crippen molar-refractivity contribution in [1.29, 1.82) is 5.26 Å². The first-order chi connectivity index (χ1) is 15.3. The molecule has 0 bridgehead atoms. The standard InChI is InChI=1S/C24H22N4O3S/c1-18-8-13-23(19(2)14-18)28(32(30,31)22-6-4-3-5-7-22)17-24(29)27-26-16-21-11-9-20(15-25)10-12-21/h3-14,16H,17H2,1-2H3,(H,27,29)/b26-16-. The van der Waals surface area contributed by atoms with Gasteiger partial charge in [0.2, 0.25) is 0 Å². The lowest BCUT2D eigenvalue weighted by Crippen LogP contribution is -2.40. The minimum absolute atomic E-state index is 0.0915. The lowest BCUT2D eigenvalue weighted by molar-refractivity contribution is -0.119. The van der Waals surface area contributed by atoms with Crippen molar-refractivity contribution < 1.29 is 13.2 Å². The van der Waals surface area contributed by atoms with Crippen LogP contribution in [0.15, 0.2) is 82.8 Å². The monoisotopic (exact) mass is 446 g/mol. The number of hydrogen-bond acceptors (Lipinski definition) is 5. The van der Waals surface area contributed by atoms with Crippen LogP contribution in [-0.4, -0.2) is 27.1 Å². The number of hydrazone groups is 1. The van der Waals surface area contributed by atoms with Gasteiger partial charge in [-0.2, -0.15) is 10.4 Å². The predicted molar refractivity (Wildman–Crippen MR) is 124 cm³/mol. The van der Waals surface area contributed by atoms with Crippen LogP contribution in [0.4, 0.5) is 5.69 Å². The average molecular weight is 447 g/mol. The normalized spacial score (nSPS) is 11.2. The molecule has 0 aliphatic carbocycles. The van der Waals surface area contributed by atoms with Gasteiger partial charge < -0.3 is 0 Å². The number of nitrogens with one attached hydrogen (secondary N) is 1. The Morgan fingerprint density at radius 1 is 1.06 bits per heavy atom. The number of benzene rings is 3. The summed E-state index contributed by atoms with van der Waals surface area (Å²) < 4.78 is 27.8. The minimum atomic E-state index is -3.98. The van der Waals surface area contributed by atoms with E-state index >= 15 is 0 Å². The second-order valence-electron chi connectivity index (χ2n) is 7.14. The summed E-state index contributed by atoms with van der Waals surface area (Å²) >= 11 is 0. The van der Waals surface area contributed by atoms with Crippen molar-refractivity contribution in [3.63, 3.8) is 0 Å². The van der Waals surface area contributed by atoms with Crippen LogP contribution in [0.5, 0.6) is 0 Å². The number of sulfonamides is 1. The van der Waals surface area contributed by atoms with E-state index in [0.29, 0.717) is 16.8 Å². The number of anilines is 1. The van der Waals surface area contributed by atoms with E-state index in [1.54, 1.807) is 61.5 Å². The van der Waals surface area contributed by atoms with E-state index in [-0.39, 0.29) is 4.90 Å². The topological polar surface area (TPSA) is 103 Å². The van der Waals surface area contributed by atoms with E-state index in [2.05, 4.69) is 10.5 Å². The molecule has 7 nitrogen and oxygen atoms in total. The number of amides is 1. The molecule has 32 heavy (non-hydrogen) atoms. The van der Waals surface area contributed by atoms with Crippen molar-refractivity contribution in [2.24, 2.45) is 5.10 Å². The van der Waals surface area contributed by atoms with E-state index in [1.807, 2.05) is 19.1 Å². The molecule has 0 unspecified atom stereocenters. The highest BCUT2D eigenvalue weighted by Gasteiger charge is 2.28. The van der Waals surface area contributed by atoms with Crippen LogP contribution in [0.3, 0.4) is 0 Å². The third kappa shape index (κ3) is 5.39. The van der Waals surface area contributed by atoms with E-state index in [0.717, 1.165) is 15.4 Å². The highest BCUT2D eigenvalue weighted by molar-refractivity contribution is 7.92. The summed E-state index contributed by atoms with van der Waals surface area (Å²) in [5.74, 6) is -0.589. The number of rotatable bonds is 7. The fraction of sp³-hybridized carbons (Fsp3) is 0.125. The Morgan fingerprint density at radius 3 is 2.38 bits per heavy atom. The fourth-order valence-corrected chi connectivity index (χ4v) is 4.60. The molecule has 1 amide bonds. The first kappa shape index (κ1) is 22.7. The number of nitriles is 1. The summed E-state index contributed by atoms with van der Waals surface area (Å²) in [6, 6.07) is 22.0. The fourth-order valence-electron chi connectivity index (χ4n) is 3.09. The van der Waals surface area contributed by atoms with Crippen LogP contribution in [-0.2, 0) is 14.8 Å². The summed E-state index contributed by atoms with van der Waals surface area (Å²) in [4.78, 5) is 12.7. The van der Waals surface area contributed by atoms with Gasteiger partial charge in [-0.3, -0.25) is 9.10 Å². The van der Waals surface area contributed by atoms with Gasteiger partial charge >= 0.3 is 0 Å². The molecular weight excluding hydrogens is 424 g/mol. The van der Waals surface area contributed by atoms with Gasteiger partial charge in [0.1, 0.15) is 6.54 Å². The third-order valence-electron chi connectivity index (χ3n) is 4.68. The van der Waals surface area contributed by atoms with Crippen LogP contribution >= 0.6 is 0 Å². The van der Waals surface area contributed by atoms with Crippen LogP contribution in [0.1, 0.15) is 22.3 Å². The molecule has 8 heteroatoms. The molecule has 0 fully saturated rings. The third-order valence-corrected chi connectivity index (χ3v) is 6.46. The zero-order chi connectivity index (χ0) is 23.1. The molecule has 0 spiro atoms. The maximum Gasteiger partial charge on any atom is 0.264 e. The Labute approximate surface area is 187 Å². The molecule has 0 aliphatic rings. The molecule has 0 radical (unpaired) electrons. The number of nitrogens with zero attached hydrogens (tertiary/aromatic N) is 3. The van der Waals surface area contributed by atoms with Gasteiger partial charge in [0.05, 0.1) is 28.4 Å². The van der Waals surface area contributed by atoms with Crippen molar-refractivity contribution in [2.45, 2.75) is 18.7 Å². The minimum Gasteiger partial charge on any atom is -0.271 e. The summed E-state index contributed by atoms with van der Waals surface area (Å²) in [5, 5.41) is 12.7. The molecule has 162 valence electrons. The van der Waals surface area contributed by atoms with Crippen molar-refractivity contribution in [3.8, 4) is 6.07 Å². The van der Waals surface area contributed by atoms with Crippen LogP contribution in [0.2, 0.25) is 0 Å². The van der Waals surface area contributed by atoms with Gasteiger partial charge in [-0.1, -0.05) is 48.0 Å². The number of carbonyl (C=O) groups excluding carboxylic acids is 1. The van der Waals surface area contributed by atoms with Crippen molar-refractivity contribution in [3.05, 3.63) is 95.1 Å². The lowest BCUT2D eigenvalue weighted by Gasteiger charge is -2.25. The van der Waals surface area contributed by atoms with E-state index in [9.17, 15) is 13.2 Å². The maximum absolute atomic E-state index is 13.3. The largest absolute Gasteiger partial charge is 0.271 e. The highest BCUT2D eigenvalue weighted by Crippen LogP contribution is 2.27. The molecule has 3 aromatic carbocycles. The molecule has 3 aromatic rings. The number of carbonyl (C=O) groups is 1. The van der Waals surface area contributed by atoms with Gasteiger partial charge in [-0.25, -0.2) is 13.8 Å². The van der Waals surface area contributed by atoms with E-state index in [4.69, 9.17) is 5.26 Å². The SMILES string of the molecule is Cc1ccc(N(CC(=O)N/N=C\c2ccc(C#N)cc2)S(=O)(=O)c2ccccc2)c(C)c1. The van der Waals surface area contributed by atoms with Crippen molar-refractivity contribution >= 4 is 27.8 Å². The first-order valence-corrected chi connectivity index (χ1v) is 11.2. The van der Waals surface area contributed by atoms with Gasteiger partial charge in [-0.05, 0) is 55.3 Å². The van der Waals surface area contributed by atoms with Crippen LogP contribution in [0, 0.1) is 25.2 Å². The smallest absolute Gasteiger partial charge is 0.264 e. The number of hydrogen-bond donors (Lipinski definition) is 1. The summed E-state index contributed by atoms with van der Waals surface area (Å²) in [6.45, 7) is 3.28. The van der Waals surface area contributed by atoms with E-state index in [1.165, 1.54) is 18.3 Å². The maximum atomic E-state index is 13.3. The Hall–Kier alpha value is -3.96. The summed E-state index contributed by atoms with van der Waals surface area (Å²) in [5.41, 5.74) is 5.72. The molecule has 0 aromatic heterocycles. The average Bonchev–Trinajstić information content (AvgIpc) is 2.79. The molecule has 3 rings (SSSR count). The second-order valence-corrected chi connectivity index (χ2v) is 9.00. The quantitative estimate of drug-likeness (QED) is 0.443. The van der Waals surface area contributed by atoms with Gasteiger partial charge in [0.15, 0.2) is 0 Å². The molecule has 1 N–H and O–H groups in total. The Balaban J connectivity index is 1.84. The van der Waals surface area contributed by atoms with Crippen molar-refractivity contribution in [2.75, 3.05) is 10.8 Å². The molecule has 0 heterocycles. The molecule has 0 saturated heterocycles. The van der Waals surface area contributed by atoms with Crippen LogP contribution < -0.4 is 9.73 Å². The highest BCUT2D eigenvalue weighted by atomic mass is 32.2. The Kier molecular flexibility index (Phi) is 7.03. The summed E-state index contributed by atoms with van der Waals surface area (Å²) in [7, 11) is -3.98. The van der Waals surface area contributed by atoms with Gasteiger partial charge in [-0.15, -0.1) is 0 Å². The zero-order valence-corrected chi connectivity index (χ0v) is 18.5. The Bertz CT molecular complexity index is 1280. The molecule has 0 aliphatic heterocycles. The van der Waals surface area contributed by atoms with Crippen molar-refractivity contribution in [1.82, 2.24) is 5.43 Å². The summed E-state index contributed by atoms with van der Waals surface area (Å²) in [6.07, 6.45) is 1.42. The first-order valence-electron chi connectivity index (χ1n) is 9.78. The van der Waals surface area contributed by atoms with E-state index < -0.39 is 22.5 Å². The van der Waals surface area contributed by atoms with Crippen LogP contribution in [0.25, 0.3) is 0 Å². The second kappa shape index (κ2) is 9.90. The van der Waals surface area contributed by atoms with Gasteiger partial charge in [0.25, 0.3) is 15.9 Å². The molecular formula is C24H22N4O3S. The number of aryl methyl sites for hydroxylation is 2. The zero-order valence-electron chi connectivity index (χ0n) is 17.7. The lowest BCUT2D eigenvalue weighted by atomic mass is 10.1. The Morgan fingerprint density at radius 2 is 1.75 bits per heavy atom. The molecule has 0 atom stereocenters. The predicted octanol–water partition coefficient (Wildman–Crippen LogP) is 3.52.